The van der Waals surface area contributed by atoms with Gasteiger partial charge in [-0.3, -0.25) is 0 Å². The monoisotopic (exact) mass is 290 g/mol. The number of sulfonamides is 1. The van der Waals surface area contributed by atoms with Crippen LogP contribution < -0.4 is 10.5 Å². The quantitative estimate of drug-likeness (QED) is 0.904. The molecule has 1 saturated carbocycles. The zero-order valence-electron chi connectivity index (χ0n) is 11.2. The van der Waals surface area contributed by atoms with Crippen molar-refractivity contribution >= 4 is 20.8 Å². The van der Waals surface area contributed by atoms with Gasteiger partial charge in [0.25, 0.3) is 0 Å². The Morgan fingerprint density at radius 3 is 2.45 bits per heavy atom. The first-order valence-corrected chi connectivity index (χ1v) is 8.24. The average Bonchev–Trinajstić information content (AvgIpc) is 2.42. The molecule has 0 atom stereocenters. The van der Waals surface area contributed by atoms with E-state index < -0.39 is 10.0 Å². The molecule has 0 unspecified atom stereocenters. The van der Waals surface area contributed by atoms with Crippen molar-refractivity contribution in [3.8, 4) is 0 Å². The van der Waals surface area contributed by atoms with Gasteiger partial charge in [0.05, 0.1) is 4.90 Å². The van der Waals surface area contributed by atoms with Gasteiger partial charge in [0.15, 0.2) is 0 Å². The van der Waals surface area contributed by atoms with Gasteiger partial charge in [-0.25, -0.2) is 13.1 Å². The Balaban J connectivity index is 1.84. The molecule has 0 amide bonds. The summed E-state index contributed by atoms with van der Waals surface area (Å²) in [6.45, 7) is 0.308. The van der Waals surface area contributed by atoms with Crippen LogP contribution in [0.1, 0.15) is 19.3 Å². The Labute approximate surface area is 119 Å². The summed E-state index contributed by atoms with van der Waals surface area (Å²) in [4.78, 5) is 0.291. The highest BCUT2D eigenvalue weighted by molar-refractivity contribution is 7.89. The standard InChI is InChI=1S/C15H18N2O2S/c16-15(8-3-9-15)11-17-20(18,19)14-7-6-12-4-1-2-5-13(12)10-14/h1-2,4-7,10,17H,3,8-9,11,16H2. The maximum absolute atomic E-state index is 12.3. The molecule has 4 nitrogen and oxygen atoms in total. The van der Waals surface area contributed by atoms with E-state index in [0.29, 0.717) is 11.4 Å². The highest BCUT2D eigenvalue weighted by atomic mass is 32.2. The Kier molecular flexibility index (Phi) is 3.28. The molecule has 2 aromatic rings. The fourth-order valence-electron chi connectivity index (χ4n) is 2.46. The molecule has 0 spiro atoms. The van der Waals surface area contributed by atoms with Crippen LogP contribution in [0.3, 0.4) is 0 Å². The van der Waals surface area contributed by atoms with Crippen molar-refractivity contribution < 1.29 is 8.42 Å². The summed E-state index contributed by atoms with van der Waals surface area (Å²) in [5, 5.41) is 1.95. The maximum Gasteiger partial charge on any atom is 0.240 e. The van der Waals surface area contributed by atoms with Crippen molar-refractivity contribution in [2.45, 2.75) is 29.7 Å². The molecule has 3 N–H and O–H groups in total. The molecule has 1 fully saturated rings. The molecular weight excluding hydrogens is 272 g/mol. The van der Waals surface area contributed by atoms with Crippen LogP contribution in [-0.2, 0) is 10.0 Å². The molecule has 0 bridgehead atoms. The molecule has 20 heavy (non-hydrogen) atoms. The number of rotatable bonds is 4. The van der Waals surface area contributed by atoms with Crippen molar-refractivity contribution in [1.29, 1.82) is 0 Å². The minimum absolute atomic E-state index is 0.291. The number of nitrogens with two attached hydrogens (primary N) is 1. The molecule has 1 aliphatic carbocycles. The van der Waals surface area contributed by atoms with Crippen molar-refractivity contribution in [1.82, 2.24) is 4.72 Å². The van der Waals surface area contributed by atoms with Gasteiger partial charge in [-0.05, 0) is 42.2 Å². The summed E-state index contributed by atoms with van der Waals surface area (Å²) < 4.78 is 27.2. The second-order valence-corrected chi connectivity index (χ2v) is 7.32. The zero-order valence-corrected chi connectivity index (χ0v) is 12.0. The highest BCUT2D eigenvalue weighted by Crippen LogP contribution is 2.28. The fraction of sp³-hybridized carbons (Fsp3) is 0.333. The molecule has 0 aliphatic heterocycles. The van der Waals surface area contributed by atoms with Crippen molar-refractivity contribution in [3.63, 3.8) is 0 Å². The largest absolute Gasteiger partial charge is 0.324 e. The van der Waals surface area contributed by atoms with Gasteiger partial charge in [0, 0.05) is 12.1 Å². The molecule has 2 aromatic carbocycles. The summed E-state index contributed by atoms with van der Waals surface area (Å²) in [6.07, 6.45) is 2.84. The van der Waals surface area contributed by atoms with Gasteiger partial charge in [-0.2, -0.15) is 0 Å². The lowest BCUT2D eigenvalue weighted by atomic mass is 9.78. The van der Waals surface area contributed by atoms with E-state index in [1.54, 1.807) is 12.1 Å². The summed E-state index contributed by atoms with van der Waals surface area (Å²) in [5.41, 5.74) is 5.69. The van der Waals surface area contributed by atoms with Gasteiger partial charge >= 0.3 is 0 Å². The normalized spacial score (nSPS) is 17.9. The number of hydrogen-bond donors (Lipinski definition) is 2. The van der Waals surface area contributed by atoms with Crippen LogP contribution in [0.2, 0.25) is 0 Å². The van der Waals surface area contributed by atoms with Gasteiger partial charge in [-0.1, -0.05) is 30.3 Å². The van der Waals surface area contributed by atoms with E-state index in [9.17, 15) is 8.42 Å². The Morgan fingerprint density at radius 1 is 1.10 bits per heavy atom. The van der Waals surface area contributed by atoms with Gasteiger partial charge in [0.1, 0.15) is 0 Å². The first-order chi connectivity index (χ1) is 9.49. The first-order valence-electron chi connectivity index (χ1n) is 6.76. The van der Waals surface area contributed by atoms with E-state index in [2.05, 4.69) is 4.72 Å². The third-order valence-corrected chi connectivity index (χ3v) is 5.39. The number of hydrogen-bond acceptors (Lipinski definition) is 3. The summed E-state index contributed by atoms with van der Waals surface area (Å²) >= 11 is 0. The van der Waals surface area contributed by atoms with Gasteiger partial charge < -0.3 is 5.73 Å². The van der Waals surface area contributed by atoms with Crippen LogP contribution in [0.5, 0.6) is 0 Å². The topological polar surface area (TPSA) is 72.2 Å². The van der Waals surface area contributed by atoms with E-state index >= 15 is 0 Å². The third kappa shape index (κ3) is 2.57. The lowest BCUT2D eigenvalue weighted by Gasteiger charge is -2.38. The van der Waals surface area contributed by atoms with Crippen molar-refractivity contribution in [2.75, 3.05) is 6.54 Å². The van der Waals surface area contributed by atoms with Crippen LogP contribution in [0, 0.1) is 0 Å². The van der Waals surface area contributed by atoms with Crippen molar-refractivity contribution in [2.24, 2.45) is 5.73 Å². The van der Waals surface area contributed by atoms with Gasteiger partial charge in [-0.15, -0.1) is 0 Å². The Hall–Kier alpha value is -1.43. The van der Waals surface area contributed by atoms with E-state index in [0.717, 1.165) is 30.0 Å². The lowest BCUT2D eigenvalue weighted by molar-refractivity contribution is 0.251. The first kappa shape index (κ1) is 13.5. The zero-order chi connectivity index (χ0) is 14.2. The summed E-state index contributed by atoms with van der Waals surface area (Å²) in [5.74, 6) is 0. The SMILES string of the molecule is NC1(CNS(=O)(=O)c2ccc3ccccc3c2)CCC1. The maximum atomic E-state index is 12.3. The third-order valence-electron chi connectivity index (χ3n) is 3.99. The van der Waals surface area contributed by atoms with E-state index in [4.69, 9.17) is 5.73 Å². The predicted molar refractivity (Wildman–Crippen MR) is 79.9 cm³/mol. The number of benzene rings is 2. The van der Waals surface area contributed by atoms with E-state index in [1.807, 2.05) is 30.3 Å². The second kappa shape index (κ2) is 4.84. The molecule has 5 heteroatoms. The van der Waals surface area contributed by atoms with Crippen molar-refractivity contribution in [3.05, 3.63) is 42.5 Å². The molecule has 0 heterocycles. The van der Waals surface area contributed by atoms with Crippen LogP contribution in [0.15, 0.2) is 47.4 Å². The Bertz CT molecular complexity index is 736. The number of nitrogens with one attached hydrogen (secondary N) is 1. The smallest absolute Gasteiger partial charge is 0.240 e. The summed E-state index contributed by atoms with van der Waals surface area (Å²) in [6, 6.07) is 12.9. The van der Waals surface area contributed by atoms with Crippen LogP contribution in [0.4, 0.5) is 0 Å². The molecule has 0 aromatic heterocycles. The second-order valence-electron chi connectivity index (χ2n) is 5.55. The average molecular weight is 290 g/mol. The molecule has 106 valence electrons. The minimum Gasteiger partial charge on any atom is -0.324 e. The molecular formula is C15H18N2O2S. The fourth-order valence-corrected chi connectivity index (χ4v) is 3.64. The molecule has 3 rings (SSSR count). The van der Waals surface area contributed by atoms with E-state index in [-0.39, 0.29) is 5.54 Å². The van der Waals surface area contributed by atoms with Crippen LogP contribution >= 0.6 is 0 Å². The minimum atomic E-state index is -3.49. The van der Waals surface area contributed by atoms with Crippen LogP contribution in [0.25, 0.3) is 10.8 Å². The van der Waals surface area contributed by atoms with Gasteiger partial charge in [0.2, 0.25) is 10.0 Å². The Morgan fingerprint density at radius 2 is 1.80 bits per heavy atom. The molecule has 1 aliphatic rings. The number of fused-ring (bicyclic) bond motifs is 1. The van der Waals surface area contributed by atoms with Crippen LogP contribution in [-0.4, -0.2) is 20.5 Å². The summed E-state index contributed by atoms with van der Waals surface area (Å²) in [7, 11) is -3.49. The molecule has 0 radical (unpaired) electrons. The predicted octanol–water partition coefficient (Wildman–Crippen LogP) is 2.00. The van der Waals surface area contributed by atoms with E-state index in [1.165, 1.54) is 0 Å². The highest BCUT2D eigenvalue weighted by Gasteiger charge is 2.33. The molecule has 0 saturated heterocycles. The lowest BCUT2D eigenvalue weighted by Crippen LogP contribution is -2.54.